The third-order valence-corrected chi connectivity index (χ3v) is 3.93. The van der Waals surface area contributed by atoms with Crippen molar-refractivity contribution >= 4 is 15.5 Å². The van der Waals surface area contributed by atoms with Gasteiger partial charge in [0.1, 0.15) is 0 Å². The zero-order chi connectivity index (χ0) is 11.1. The van der Waals surface area contributed by atoms with E-state index < -0.39 is 9.84 Å². The van der Waals surface area contributed by atoms with Gasteiger partial charge in [-0.25, -0.2) is 8.42 Å². The van der Waals surface area contributed by atoms with Gasteiger partial charge < -0.3 is 4.90 Å². The minimum Gasteiger partial charge on any atom is -0.373 e. The van der Waals surface area contributed by atoms with E-state index in [9.17, 15) is 8.42 Å². The van der Waals surface area contributed by atoms with Crippen LogP contribution in [0.2, 0.25) is 0 Å². The average molecular weight is 225 g/mol. The van der Waals surface area contributed by atoms with Crippen LogP contribution in [0.4, 0.5) is 5.69 Å². The molecule has 0 N–H and O–H groups in total. The number of hydrogen-bond acceptors (Lipinski definition) is 3. The molecule has 1 aliphatic heterocycles. The smallest absolute Gasteiger partial charge is 0.177 e. The molecule has 3 nitrogen and oxygen atoms in total. The highest BCUT2D eigenvalue weighted by atomic mass is 32.2. The van der Waals surface area contributed by atoms with E-state index in [0.29, 0.717) is 4.90 Å². The van der Waals surface area contributed by atoms with Crippen molar-refractivity contribution in [3.05, 3.63) is 23.8 Å². The van der Waals surface area contributed by atoms with Crippen LogP contribution < -0.4 is 4.90 Å². The number of para-hydroxylation sites is 1. The van der Waals surface area contributed by atoms with Gasteiger partial charge in [-0.15, -0.1) is 0 Å². The molecule has 0 aromatic heterocycles. The minimum absolute atomic E-state index is 0.460. The molecule has 15 heavy (non-hydrogen) atoms. The Labute approximate surface area is 90.6 Å². The maximum Gasteiger partial charge on any atom is 0.177 e. The SMILES string of the molecule is CN1CCCc2cccc(S(C)(=O)=O)c21. The van der Waals surface area contributed by atoms with Crippen LogP contribution in [0.15, 0.2) is 23.1 Å². The third-order valence-electron chi connectivity index (χ3n) is 2.80. The fourth-order valence-corrected chi connectivity index (χ4v) is 3.08. The van der Waals surface area contributed by atoms with Gasteiger partial charge in [0.2, 0.25) is 0 Å². The van der Waals surface area contributed by atoms with Crippen LogP contribution in [0, 0.1) is 0 Å². The molecule has 0 spiro atoms. The van der Waals surface area contributed by atoms with Crippen molar-refractivity contribution in [3.63, 3.8) is 0 Å². The average Bonchev–Trinajstić information content (AvgIpc) is 2.16. The lowest BCUT2D eigenvalue weighted by molar-refractivity contribution is 0.600. The second-order valence-electron chi connectivity index (χ2n) is 4.06. The van der Waals surface area contributed by atoms with Gasteiger partial charge in [0.05, 0.1) is 10.6 Å². The highest BCUT2D eigenvalue weighted by molar-refractivity contribution is 7.90. The molecular formula is C11H15NO2S. The van der Waals surface area contributed by atoms with Crippen molar-refractivity contribution in [2.45, 2.75) is 17.7 Å². The summed E-state index contributed by atoms with van der Waals surface area (Å²) in [5.41, 5.74) is 2.04. The van der Waals surface area contributed by atoms with Gasteiger partial charge >= 0.3 is 0 Å². The molecule has 1 aromatic rings. The fraction of sp³-hybridized carbons (Fsp3) is 0.455. The number of hydrogen-bond donors (Lipinski definition) is 0. The number of sulfone groups is 1. The van der Waals surface area contributed by atoms with Crippen LogP contribution in [0.3, 0.4) is 0 Å². The van der Waals surface area contributed by atoms with E-state index in [1.165, 1.54) is 6.26 Å². The molecule has 0 bridgehead atoms. The van der Waals surface area contributed by atoms with Crippen molar-refractivity contribution in [3.8, 4) is 0 Å². The minimum atomic E-state index is -3.12. The Morgan fingerprint density at radius 1 is 1.33 bits per heavy atom. The Kier molecular flexibility index (Phi) is 2.46. The summed E-state index contributed by atoms with van der Waals surface area (Å²) in [6.45, 7) is 0.930. The summed E-state index contributed by atoms with van der Waals surface area (Å²) >= 11 is 0. The molecule has 4 heteroatoms. The summed E-state index contributed by atoms with van der Waals surface area (Å²) in [4.78, 5) is 2.50. The van der Waals surface area contributed by atoms with Crippen LogP contribution >= 0.6 is 0 Å². The summed E-state index contributed by atoms with van der Waals surface area (Å²) < 4.78 is 23.2. The second-order valence-corrected chi connectivity index (χ2v) is 6.05. The molecule has 1 aromatic carbocycles. The molecule has 0 radical (unpaired) electrons. The van der Waals surface area contributed by atoms with Crippen LogP contribution in [-0.4, -0.2) is 28.3 Å². The first-order valence-corrected chi connectivity index (χ1v) is 6.92. The van der Waals surface area contributed by atoms with Gasteiger partial charge in [0.25, 0.3) is 0 Å². The Balaban J connectivity index is 2.67. The molecule has 0 unspecified atom stereocenters. The summed E-state index contributed by atoms with van der Waals surface area (Å²) in [6, 6.07) is 5.53. The molecule has 0 saturated carbocycles. The van der Waals surface area contributed by atoms with Crippen LogP contribution in [0.25, 0.3) is 0 Å². The number of benzene rings is 1. The van der Waals surface area contributed by atoms with Gasteiger partial charge in [0.15, 0.2) is 9.84 Å². The molecule has 0 aliphatic carbocycles. The van der Waals surface area contributed by atoms with Crippen LogP contribution in [0.5, 0.6) is 0 Å². The Morgan fingerprint density at radius 2 is 2.07 bits per heavy atom. The summed E-state index contributed by atoms with van der Waals surface area (Å²) in [7, 11) is -1.17. The van der Waals surface area contributed by atoms with Crippen molar-refractivity contribution in [1.29, 1.82) is 0 Å². The Morgan fingerprint density at radius 3 is 2.73 bits per heavy atom. The van der Waals surface area contributed by atoms with E-state index in [4.69, 9.17) is 0 Å². The number of anilines is 1. The van der Waals surface area contributed by atoms with Crippen molar-refractivity contribution in [2.75, 3.05) is 24.7 Å². The van der Waals surface area contributed by atoms with E-state index in [0.717, 1.165) is 30.6 Å². The highest BCUT2D eigenvalue weighted by Crippen LogP contribution is 2.32. The summed E-state index contributed by atoms with van der Waals surface area (Å²) in [5.74, 6) is 0. The lowest BCUT2D eigenvalue weighted by atomic mass is 10.0. The predicted octanol–water partition coefficient (Wildman–Crippen LogP) is 1.47. The fourth-order valence-electron chi connectivity index (χ4n) is 2.12. The van der Waals surface area contributed by atoms with Gasteiger partial charge in [-0.1, -0.05) is 12.1 Å². The molecule has 2 rings (SSSR count). The number of fused-ring (bicyclic) bond motifs is 1. The highest BCUT2D eigenvalue weighted by Gasteiger charge is 2.21. The molecule has 1 heterocycles. The number of rotatable bonds is 1. The van der Waals surface area contributed by atoms with E-state index in [1.807, 2.05) is 24.1 Å². The molecule has 0 saturated heterocycles. The molecule has 82 valence electrons. The monoisotopic (exact) mass is 225 g/mol. The quantitative estimate of drug-likeness (QED) is 0.726. The summed E-state index contributed by atoms with van der Waals surface area (Å²) in [5, 5.41) is 0. The predicted molar refractivity (Wildman–Crippen MR) is 61.1 cm³/mol. The maximum atomic E-state index is 11.6. The molecule has 0 amide bonds. The molecule has 0 atom stereocenters. The first kappa shape index (κ1) is 10.5. The standard InChI is InChI=1S/C11H15NO2S/c1-12-8-4-6-9-5-3-7-10(11(9)12)15(2,13)14/h3,5,7H,4,6,8H2,1-2H3. The van der Waals surface area contributed by atoms with E-state index in [2.05, 4.69) is 0 Å². The van der Waals surface area contributed by atoms with Gasteiger partial charge in [-0.2, -0.15) is 0 Å². The first-order chi connectivity index (χ1) is 7.00. The zero-order valence-electron chi connectivity index (χ0n) is 9.03. The summed E-state index contributed by atoms with van der Waals surface area (Å²) in [6.07, 6.45) is 3.34. The molecule has 1 aliphatic rings. The topological polar surface area (TPSA) is 37.4 Å². The van der Waals surface area contributed by atoms with Gasteiger partial charge in [0, 0.05) is 19.8 Å². The lowest BCUT2D eigenvalue weighted by Crippen LogP contribution is -2.26. The third kappa shape index (κ3) is 1.86. The second kappa shape index (κ2) is 3.52. The maximum absolute atomic E-state index is 11.6. The van der Waals surface area contributed by atoms with Crippen molar-refractivity contribution in [2.24, 2.45) is 0 Å². The van der Waals surface area contributed by atoms with Crippen molar-refractivity contribution in [1.82, 2.24) is 0 Å². The van der Waals surface area contributed by atoms with E-state index in [-0.39, 0.29) is 0 Å². The van der Waals surface area contributed by atoms with E-state index in [1.54, 1.807) is 6.07 Å². The Bertz CT molecular complexity index is 479. The van der Waals surface area contributed by atoms with Crippen LogP contribution in [0.1, 0.15) is 12.0 Å². The number of aryl methyl sites for hydroxylation is 1. The number of nitrogens with zero attached hydrogens (tertiary/aromatic N) is 1. The normalized spacial score (nSPS) is 16.3. The van der Waals surface area contributed by atoms with Crippen molar-refractivity contribution < 1.29 is 8.42 Å². The molecule has 0 fully saturated rings. The molecular weight excluding hydrogens is 210 g/mol. The van der Waals surface area contributed by atoms with Gasteiger partial charge in [-0.3, -0.25) is 0 Å². The van der Waals surface area contributed by atoms with Gasteiger partial charge in [-0.05, 0) is 24.5 Å². The first-order valence-electron chi connectivity index (χ1n) is 5.03. The largest absolute Gasteiger partial charge is 0.373 e. The lowest BCUT2D eigenvalue weighted by Gasteiger charge is -2.29. The Hall–Kier alpha value is -1.03. The van der Waals surface area contributed by atoms with E-state index >= 15 is 0 Å². The zero-order valence-corrected chi connectivity index (χ0v) is 9.84. The van der Waals surface area contributed by atoms with Crippen LogP contribution in [-0.2, 0) is 16.3 Å².